The predicted octanol–water partition coefficient (Wildman–Crippen LogP) is 2.32. The van der Waals surface area contributed by atoms with E-state index in [4.69, 9.17) is 22.9 Å². The molecule has 0 atom stereocenters. The van der Waals surface area contributed by atoms with E-state index in [2.05, 4.69) is 11.1 Å². The summed E-state index contributed by atoms with van der Waals surface area (Å²) in [6.07, 6.45) is 6.52. The van der Waals surface area contributed by atoms with Crippen molar-refractivity contribution in [3.8, 4) is 12.3 Å². The van der Waals surface area contributed by atoms with Gasteiger partial charge in [-0.3, -0.25) is 0 Å². The zero-order valence-electron chi connectivity index (χ0n) is 6.90. The molecule has 0 heterocycles. The third kappa shape index (κ3) is 3.64. The quantitative estimate of drug-likeness (QED) is 0.313. The van der Waals surface area contributed by atoms with Gasteiger partial charge >= 0.3 is 0 Å². The second-order valence-corrected chi connectivity index (χ2v) is 2.70. The van der Waals surface area contributed by atoms with Crippen molar-refractivity contribution < 1.29 is 4.84 Å². The Morgan fingerprint density at radius 2 is 2.46 bits per heavy atom. The van der Waals surface area contributed by atoms with Crippen LogP contribution >= 0.6 is 11.6 Å². The maximum atomic E-state index is 5.75. The van der Waals surface area contributed by atoms with Crippen LogP contribution in [0.1, 0.15) is 5.56 Å². The highest BCUT2D eigenvalue weighted by Crippen LogP contribution is 2.08. The van der Waals surface area contributed by atoms with E-state index in [1.54, 1.807) is 18.3 Å². The maximum Gasteiger partial charge on any atom is 0.177 e. The van der Waals surface area contributed by atoms with E-state index >= 15 is 0 Å². The molecule has 66 valence electrons. The maximum absolute atomic E-state index is 5.75. The Morgan fingerprint density at radius 3 is 3.15 bits per heavy atom. The highest BCUT2D eigenvalue weighted by Gasteiger charge is 1.88. The molecule has 0 amide bonds. The Labute approximate surface area is 82.2 Å². The van der Waals surface area contributed by atoms with Gasteiger partial charge in [0.2, 0.25) is 0 Å². The Kier molecular flexibility index (Phi) is 3.87. The van der Waals surface area contributed by atoms with Crippen LogP contribution in [0.3, 0.4) is 0 Å². The molecular weight excluding hydrogens is 186 g/mol. The molecule has 13 heavy (non-hydrogen) atoms. The van der Waals surface area contributed by atoms with Gasteiger partial charge in [-0.1, -0.05) is 34.8 Å². The van der Waals surface area contributed by atoms with Gasteiger partial charge < -0.3 is 4.84 Å². The standard InChI is InChI=1S/C10H8ClNO/c1-2-6-13-12-8-9-4-3-5-10(11)7-9/h1,3-5,7-8H,6H2. The minimum Gasteiger partial charge on any atom is -0.383 e. The fraction of sp³-hybridized carbons (Fsp3) is 0.100. The Balaban J connectivity index is 2.54. The second-order valence-electron chi connectivity index (χ2n) is 2.27. The average molecular weight is 194 g/mol. The normalized spacial score (nSPS) is 9.85. The van der Waals surface area contributed by atoms with E-state index in [1.165, 1.54) is 0 Å². The van der Waals surface area contributed by atoms with Gasteiger partial charge in [-0.05, 0) is 17.7 Å². The van der Waals surface area contributed by atoms with Gasteiger partial charge in [0.25, 0.3) is 0 Å². The summed E-state index contributed by atoms with van der Waals surface area (Å²) in [6.45, 7) is 0.178. The molecule has 0 fully saturated rings. The molecule has 3 heteroatoms. The summed E-state index contributed by atoms with van der Waals surface area (Å²) in [7, 11) is 0. The number of hydrogen-bond donors (Lipinski definition) is 0. The van der Waals surface area contributed by atoms with Crippen molar-refractivity contribution in [2.24, 2.45) is 5.16 Å². The molecule has 0 radical (unpaired) electrons. The summed E-state index contributed by atoms with van der Waals surface area (Å²) in [6, 6.07) is 7.28. The van der Waals surface area contributed by atoms with Crippen molar-refractivity contribution in [1.29, 1.82) is 0 Å². The molecule has 0 bridgehead atoms. The summed E-state index contributed by atoms with van der Waals surface area (Å²) < 4.78 is 0. The highest BCUT2D eigenvalue weighted by molar-refractivity contribution is 6.30. The molecule has 0 aromatic heterocycles. The third-order valence-electron chi connectivity index (χ3n) is 1.27. The van der Waals surface area contributed by atoms with Gasteiger partial charge in [-0.15, -0.1) is 6.42 Å². The molecule has 1 rings (SSSR count). The Morgan fingerprint density at radius 1 is 1.62 bits per heavy atom. The zero-order valence-corrected chi connectivity index (χ0v) is 7.66. The molecule has 0 saturated heterocycles. The van der Waals surface area contributed by atoms with Crippen molar-refractivity contribution in [1.82, 2.24) is 0 Å². The lowest BCUT2D eigenvalue weighted by molar-refractivity contribution is 0.181. The van der Waals surface area contributed by atoms with Crippen molar-refractivity contribution >= 4 is 17.8 Å². The van der Waals surface area contributed by atoms with Crippen molar-refractivity contribution in [2.75, 3.05) is 6.61 Å². The summed E-state index contributed by atoms with van der Waals surface area (Å²) in [5.41, 5.74) is 0.879. The number of terminal acetylenes is 1. The summed E-state index contributed by atoms with van der Waals surface area (Å²) in [5.74, 6) is 2.30. The van der Waals surface area contributed by atoms with Crippen molar-refractivity contribution in [3.05, 3.63) is 34.9 Å². The van der Waals surface area contributed by atoms with Crippen LogP contribution in [0.15, 0.2) is 29.4 Å². The van der Waals surface area contributed by atoms with Crippen LogP contribution in [0.25, 0.3) is 0 Å². The SMILES string of the molecule is C#CCON=Cc1cccc(Cl)c1. The molecule has 0 saturated carbocycles. The lowest BCUT2D eigenvalue weighted by Gasteiger charge is -1.93. The van der Waals surface area contributed by atoms with Gasteiger partial charge in [-0.25, -0.2) is 0 Å². The van der Waals surface area contributed by atoms with Gasteiger partial charge in [0, 0.05) is 5.02 Å². The summed E-state index contributed by atoms with van der Waals surface area (Å²) >= 11 is 5.75. The molecular formula is C10H8ClNO. The summed E-state index contributed by atoms with van der Waals surface area (Å²) in [4.78, 5) is 4.72. The first kappa shape index (κ1) is 9.63. The van der Waals surface area contributed by atoms with Crippen LogP contribution in [0.2, 0.25) is 5.02 Å². The fourth-order valence-electron chi connectivity index (χ4n) is 0.760. The van der Waals surface area contributed by atoms with Crippen LogP contribution in [-0.2, 0) is 4.84 Å². The van der Waals surface area contributed by atoms with Crippen LogP contribution in [0.5, 0.6) is 0 Å². The first-order chi connectivity index (χ1) is 6.33. The fourth-order valence-corrected chi connectivity index (χ4v) is 0.958. The van der Waals surface area contributed by atoms with E-state index < -0.39 is 0 Å². The van der Waals surface area contributed by atoms with E-state index in [0.29, 0.717) is 5.02 Å². The zero-order chi connectivity index (χ0) is 9.52. The minimum atomic E-state index is 0.178. The smallest absolute Gasteiger partial charge is 0.177 e. The molecule has 1 aromatic carbocycles. The van der Waals surface area contributed by atoms with E-state index in [9.17, 15) is 0 Å². The molecule has 0 spiro atoms. The number of hydrogen-bond acceptors (Lipinski definition) is 2. The number of benzene rings is 1. The number of halogens is 1. The molecule has 0 aliphatic rings. The highest BCUT2D eigenvalue weighted by atomic mass is 35.5. The topological polar surface area (TPSA) is 21.6 Å². The number of rotatable bonds is 3. The van der Waals surface area contributed by atoms with E-state index in [1.807, 2.05) is 12.1 Å². The molecule has 0 unspecified atom stereocenters. The Bertz CT molecular complexity index is 341. The molecule has 1 aromatic rings. The van der Waals surface area contributed by atoms with Gasteiger partial charge in [0.1, 0.15) is 0 Å². The first-order valence-electron chi connectivity index (χ1n) is 3.67. The number of oxime groups is 1. The minimum absolute atomic E-state index is 0.178. The second kappa shape index (κ2) is 5.23. The first-order valence-corrected chi connectivity index (χ1v) is 4.05. The largest absolute Gasteiger partial charge is 0.383 e. The number of nitrogens with zero attached hydrogens (tertiary/aromatic N) is 1. The van der Waals surface area contributed by atoms with E-state index in [-0.39, 0.29) is 6.61 Å². The summed E-state index contributed by atoms with van der Waals surface area (Å²) in [5, 5.41) is 4.31. The predicted molar refractivity (Wildman–Crippen MR) is 53.8 cm³/mol. The third-order valence-corrected chi connectivity index (χ3v) is 1.51. The van der Waals surface area contributed by atoms with Crippen LogP contribution in [-0.4, -0.2) is 12.8 Å². The van der Waals surface area contributed by atoms with Crippen LogP contribution in [0, 0.1) is 12.3 Å². The lowest BCUT2D eigenvalue weighted by Crippen LogP contribution is -1.85. The van der Waals surface area contributed by atoms with Crippen molar-refractivity contribution in [3.63, 3.8) is 0 Å². The molecule has 0 aliphatic carbocycles. The van der Waals surface area contributed by atoms with Gasteiger partial charge in [0.05, 0.1) is 6.21 Å². The molecule has 0 aliphatic heterocycles. The molecule has 2 nitrogen and oxygen atoms in total. The lowest BCUT2D eigenvalue weighted by atomic mass is 10.2. The van der Waals surface area contributed by atoms with Crippen molar-refractivity contribution in [2.45, 2.75) is 0 Å². The molecule has 0 N–H and O–H groups in total. The van der Waals surface area contributed by atoms with E-state index in [0.717, 1.165) is 5.56 Å². The monoisotopic (exact) mass is 193 g/mol. The average Bonchev–Trinajstić information content (AvgIpc) is 2.13. The Hall–Kier alpha value is -1.46. The van der Waals surface area contributed by atoms with Gasteiger partial charge in [-0.2, -0.15) is 0 Å². The van der Waals surface area contributed by atoms with Gasteiger partial charge in [0.15, 0.2) is 6.61 Å². The van der Waals surface area contributed by atoms with Crippen LogP contribution in [0.4, 0.5) is 0 Å². The van der Waals surface area contributed by atoms with Crippen LogP contribution < -0.4 is 0 Å².